The van der Waals surface area contributed by atoms with Crippen LogP contribution < -0.4 is 5.32 Å². The molecule has 0 saturated heterocycles. The molecule has 1 N–H and O–H groups in total. The summed E-state index contributed by atoms with van der Waals surface area (Å²) in [5, 5.41) is 16.6. The SMILES string of the molecule is C1=CC2=C(NC1)C(c1ccccc1)=[N+]2n1c2ccccc2c2c3ccccc3c3c4cccc5c6cc7ccccc7cc6n(c54)c3c21. The average Bonchev–Trinajstić information content (AvgIpc) is 3.77. The third-order valence-electron chi connectivity index (χ3n) is 10.8. The molecule has 7 aromatic carbocycles. The minimum Gasteiger partial charge on any atom is -0.371 e. The van der Waals surface area contributed by atoms with Crippen LogP contribution in [0.5, 0.6) is 0 Å². The molecule has 0 aliphatic carbocycles. The number of para-hydroxylation sites is 2. The van der Waals surface area contributed by atoms with Gasteiger partial charge in [0.1, 0.15) is 11.0 Å². The Morgan fingerprint density at radius 3 is 2.02 bits per heavy atom. The molecule has 48 heavy (non-hydrogen) atoms. The normalized spacial score (nSPS) is 14.9. The Morgan fingerprint density at radius 2 is 1.19 bits per heavy atom. The lowest BCUT2D eigenvalue weighted by atomic mass is 9.97. The van der Waals surface area contributed by atoms with Crippen molar-refractivity contribution in [1.82, 2.24) is 14.4 Å². The Morgan fingerprint density at radius 1 is 0.521 bits per heavy atom. The summed E-state index contributed by atoms with van der Waals surface area (Å²) in [6, 6.07) is 49.2. The topological polar surface area (TPSA) is 24.4 Å². The Hall–Kier alpha value is -6.39. The molecule has 0 saturated carbocycles. The minimum atomic E-state index is 0.826. The van der Waals surface area contributed by atoms with Crippen LogP contribution in [-0.2, 0) is 0 Å². The van der Waals surface area contributed by atoms with Crippen molar-refractivity contribution in [2.75, 3.05) is 6.54 Å². The maximum absolute atomic E-state index is 3.70. The van der Waals surface area contributed by atoms with E-state index in [1.54, 1.807) is 0 Å². The molecule has 12 rings (SSSR count). The van der Waals surface area contributed by atoms with Gasteiger partial charge in [-0.3, -0.25) is 0 Å². The Balaban J connectivity index is 1.40. The predicted molar refractivity (Wildman–Crippen MR) is 199 cm³/mol. The first kappa shape index (κ1) is 24.8. The molecule has 2 aliphatic rings. The van der Waals surface area contributed by atoms with Gasteiger partial charge in [-0.2, -0.15) is 0 Å². The van der Waals surface area contributed by atoms with Crippen molar-refractivity contribution in [3.8, 4) is 0 Å². The van der Waals surface area contributed by atoms with Gasteiger partial charge in [0.25, 0.3) is 11.4 Å². The number of fused-ring (bicyclic) bond motifs is 14. The van der Waals surface area contributed by atoms with Crippen molar-refractivity contribution in [1.29, 1.82) is 0 Å². The van der Waals surface area contributed by atoms with E-state index in [2.05, 4.69) is 165 Å². The molecule has 4 nitrogen and oxygen atoms in total. The highest BCUT2D eigenvalue weighted by Crippen LogP contribution is 2.48. The van der Waals surface area contributed by atoms with E-state index >= 15 is 0 Å². The van der Waals surface area contributed by atoms with Gasteiger partial charge in [0.15, 0.2) is 5.70 Å². The van der Waals surface area contributed by atoms with Crippen LogP contribution in [0, 0.1) is 0 Å². The highest BCUT2D eigenvalue weighted by atomic mass is 15.5. The van der Waals surface area contributed by atoms with E-state index < -0.39 is 0 Å². The Labute approximate surface area is 274 Å². The zero-order valence-electron chi connectivity index (χ0n) is 25.9. The molecule has 0 radical (unpaired) electrons. The smallest absolute Gasteiger partial charge is 0.274 e. The van der Waals surface area contributed by atoms with Crippen molar-refractivity contribution in [3.63, 3.8) is 0 Å². The van der Waals surface area contributed by atoms with Gasteiger partial charge >= 0.3 is 0 Å². The van der Waals surface area contributed by atoms with Gasteiger partial charge in [-0.05, 0) is 51.9 Å². The molecule has 0 spiro atoms. The van der Waals surface area contributed by atoms with E-state index in [4.69, 9.17) is 0 Å². The van der Waals surface area contributed by atoms with Crippen LogP contribution in [0.25, 0.3) is 81.4 Å². The van der Waals surface area contributed by atoms with Gasteiger partial charge < -0.3 is 9.72 Å². The van der Waals surface area contributed by atoms with E-state index in [9.17, 15) is 0 Å². The number of hydrogen-bond donors (Lipinski definition) is 1. The Bertz CT molecular complexity index is 3150. The summed E-state index contributed by atoms with van der Waals surface area (Å²) >= 11 is 0. The zero-order chi connectivity index (χ0) is 31.1. The molecule has 5 heterocycles. The monoisotopic (exact) mass is 611 g/mol. The summed E-state index contributed by atoms with van der Waals surface area (Å²) in [6.45, 7) is 0.826. The number of hydrogen-bond acceptors (Lipinski definition) is 1. The second kappa shape index (κ2) is 8.69. The van der Waals surface area contributed by atoms with Crippen LogP contribution in [0.15, 0.2) is 157 Å². The average molecular weight is 612 g/mol. The van der Waals surface area contributed by atoms with Gasteiger partial charge in [0, 0.05) is 44.9 Å². The fourth-order valence-electron chi connectivity index (χ4n) is 8.89. The molecule has 10 aromatic rings. The highest BCUT2D eigenvalue weighted by Gasteiger charge is 2.44. The first-order valence-electron chi connectivity index (χ1n) is 16.7. The molecular weight excluding hydrogens is 585 g/mol. The van der Waals surface area contributed by atoms with Gasteiger partial charge in [-0.25, -0.2) is 0 Å². The Kier molecular flexibility index (Phi) is 4.49. The number of aromatic nitrogens is 2. The largest absolute Gasteiger partial charge is 0.371 e. The summed E-state index contributed by atoms with van der Waals surface area (Å²) in [5.74, 6) is 0. The number of nitrogens with one attached hydrogen (secondary N) is 1. The van der Waals surface area contributed by atoms with E-state index in [-0.39, 0.29) is 0 Å². The van der Waals surface area contributed by atoms with Crippen molar-refractivity contribution in [2.24, 2.45) is 0 Å². The molecule has 3 aromatic heterocycles. The maximum atomic E-state index is 3.70. The van der Waals surface area contributed by atoms with Crippen molar-refractivity contribution in [2.45, 2.75) is 0 Å². The second-order valence-corrected chi connectivity index (χ2v) is 13.1. The van der Waals surface area contributed by atoms with Crippen LogP contribution in [0.2, 0.25) is 0 Å². The second-order valence-electron chi connectivity index (χ2n) is 13.1. The summed E-state index contributed by atoms with van der Waals surface area (Å²) in [7, 11) is 0. The van der Waals surface area contributed by atoms with Gasteiger partial charge in [0.05, 0.1) is 22.1 Å². The predicted octanol–water partition coefficient (Wildman–Crippen LogP) is 9.90. The molecule has 0 bridgehead atoms. The molecule has 222 valence electrons. The summed E-state index contributed by atoms with van der Waals surface area (Å²) in [4.78, 5) is 0. The van der Waals surface area contributed by atoms with Crippen LogP contribution in [0.1, 0.15) is 5.56 Å². The zero-order valence-corrected chi connectivity index (χ0v) is 25.9. The van der Waals surface area contributed by atoms with Gasteiger partial charge in [0.2, 0.25) is 0 Å². The van der Waals surface area contributed by atoms with Gasteiger partial charge in [-0.1, -0.05) is 114 Å². The summed E-state index contributed by atoms with van der Waals surface area (Å²) in [6.07, 6.45) is 4.51. The first-order valence-corrected chi connectivity index (χ1v) is 16.7. The first-order chi connectivity index (χ1) is 23.9. The number of nitrogens with zero attached hydrogens (tertiary/aromatic N) is 3. The summed E-state index contributed by atoms with van der Waals surface area (Å²) in [5.41, 5.74) is 11.0. The van der Waals surface area contributed by atoms with Crippen LogP contribution in [0.4, 0.5) is 0 Å². The lowest BCUT2D eigenvalue weighted by Crippen LogP contribution is -2.44. The number of benzene rings is 7. The molecule has 0 unspecified atom stereocenters. The number of allylic oxidation sites excluding steroid dienone is 2. The maximum Gasteiger partial charge on any atom is 0.274 e. The number of dihydropyridines is 1. The lowest BCUT2D eigenvalue weighted by Gasteiger charge is -2.25. The van der Waals surface area contributed by atoms with Crippen molar-refractivity contribution in [3.05, 3.63) is 163 Å². The third-order valence-corrected chi connectivity index (χ3v) is 10.8. The van der Waals surface area contributed by atoms with Gasteiger partial charge in [-0.15, -0.1) is 4.68 Å². The molecule has 0 atom stereocenters. The third kappa shape index (κ3) is 2.86. The summed E-state index contributed by atoms with van der Waals surface area (Å²) < 4.78 is 7.55. The number of rotatable bonds is 2. The van der Waals surface area contributed by atoms with Crippen LogP contribution in [-0.4, -0.2) is 26.0 Å². The van der Waals surface area contributed by atoms with Crippen molar-refractivity contribution < 1.29 is 4.68 Å². The van der Waals surface area contributed by atoms with Crippen molar-refractivity contribution >= 4 is 87.2 Å². The molecule has 4 heteroatoms. The molecule has 0 amide bonds. The van der Waals surface area contributed by atoms with Crippen LogP contribution >= 0.6 is 0 Å². The highest BCUT2D eigenvalue weighted by molar-refractivity contribution is 6.38. The van der Waals surface area contributed by atoms with Crippen LogP contribution in [0.3, 0.4) is 0 Å². The molecule has 0 fully saturated rings. The fourth-order valence-corrected chi connectivity index (χ4v) is 8.89. The minimum absolute atomic E-state index is 0.826. The van der Waals surface area contributed by atoms with E-state index in [0.29, 0.717) is 0 Å². The standard InChI is InChI=1S/C44H27N4/c1-2-12-26(13-3-1)41-40-36(22-11-23-45-40)48(41)47-35-21-9-8-18-32(35)38-29-16-6-7-17-30(29)39-33-20-10-19-31-34-24-27-14-4-5-15-28(27)25-37(34)46(42(31)33)43(39)44(38)47/h1-22,24-25,45H,23H2/q+1. The lowest BCUT2D eigenvalue weighted by molar-refractivity contribution is -0.537. The molecular formula is C44H27N4+. The van der Waals surface area contributed by atoms with E-state index in [1.807, 2.05) is 0 Å². The fraction of sp³-hybridized carbons (Fsp3) is 0.0227. The van der Waals surface area contributed by atoms with E-state index in [1.165, 1.54) is 104 Å². The van der Waals surface area contributed by atoms with E-state index in [0.717, 1.165) is 6.54 Å². The molecule has 2 aliphatic heterocycles. The quantitative estimate of drug-likeness (QED) is 0.193.